The third-order valence-corrected chi connectivity index (χ3v) is 5.27. The Morgan fingerprint density at radius 1 is 1.12 bits per heavy atom. The molecule has 0 atom stereocenters. The molecule has 0 heterocycles. The van der Waals surface area contributed by atoms with E-state index in [1.165, 1.54) is 38.5 Å². The topological polar surface area (TPSA) is 81.7 Å². The number of sulfonamides is 1. The molecular formula is C16H16BrNO5S. The average Bonchev–Trinajstić information content (AvgIpc) is 2.55. The lowest BCUT2D eigenvalue weighted by Crippen LogP contribution is -2.16. The predicted octanol–water partition coefficient (Wildman–Crippen LogP) is 3.35. The summed E-state index contributed by atoms with van der Waals surface area (Å²) < 4.78 is 37.9. The largest absolute Gasteiger partial charge is 0.495 e. The molecule has 0 aliphatic carbocycles. The molecule has 0 spiro atoms. The van der Waals surface area contributed by atoms with Gasteiger partial charge in [0.1, 0.15) is 5.75 Å². The Morgan fingerprint density at radius 3 is 2.29 bits per heavy atom. The number of anilines is 1. The van der Waals surface area contributed by atoms with Gasteiger partial charge in [-0.25, -0.2) is 13.2 Å². The van der Waals surface area contributed by atoms with E-state index in [2.05, 4.69) is 20.7 Å². The number of rotatable bonds is 5. The number of carbonyl (C=O) groups excluding carboxylic acids is 1. The molecule has 8 heteroatoms. The standard InChI is InChI=1S/C16H16BrNO5S/c1-10-4-6-11(7-5-10)24(20,21)18-14-9-15(22-2)13(17)8-12(14)16(19)23-3/h4-9,18H,1-3H3. The van der Waals surface area contributed by atoms with Crippen molar-refractivity contribution in [2.45, 2.75) is 11.8 Å². The molecule has 0 radical (unpaired) electrons. The van der Waals surface area contributed by atoms with Gasteiger partial charge in [0.2, 0.25) is 0 Å². The first kappa shape index (κ1) is 18.3. The van der Waals surface area contributed by atoms with E-state index < -0.39 is 16.0 Å². The normalized spacial score (nSPS) is 11.0. The summed E-state index contributed by atoms with van der Waals surface area (Å²) in [6.07, 6.45) is 0. The highest BCUT2D eigenvalue weighted by molar-refractivity contribution is 9.10. The molecule has 128 valence electrons. The van der Waals surface area contributed by atoms with Crippen LogP contribution in [0.4, 0.5) is 5.69 Å². The number of carbonyl (C=O) groups is 1. The fourth-order valence-corrected chi connectivity index (χ4v) is 3.57. The van der Waals surface area contributed by atoms with E-state index in [4.69, 9.17) is 9.47 Å². The van der Waals surface area contributed by atoms with Gasteiger partial charge in [-0.3, -0.25) is 4.72 Å². The zero-order chi connectivity index (χ0) is 17.9. The van der Waals surface area contributed by atoms with Crippen LogP contribution in [0.2, 0.25) is 0 Å². The molecular weight excluding hydrogens is 398 g/mol. The van der Waals surface area contributed by atoms with Gasteiger partial charge in [-0.2, -0.15) is 0 Å². The third-order valence-electron chi connectivity index (χ3n) is 3.27. The molecule has 0 saturated heterocycles. The molecule has 0 saturated carbocycles. The van der Waals surface area contributed by atoms with E-state index in [9.17, 15) is 13.2 Å². The lowest BCUT2D eigenvalue weighted by atomic mass is 10.2. The van der Waals surface area contributed by atoms with Crippen molar-refractivity contribution in [3.05, 3.63) is 52.0 Å². The molecule has 24 heavy (non-hydrogen) atoms. The van der Waals surface area contributed by atoms with Crippen molar-refractivity contribution in [3.8, 4) is 5.75 Å². The average molecular weight is 414 g/mol. The number of esters is 1. The van der Waals surface area contributed by atoms with Gasteiger partial charge in [0.15, 0.2) is 0 Å². The first-order valence-corrected chi connectivity index (χ1v) is 9.11. The van der Waals surface area contributed by atoms with Crippen LogP contribution >= 0.6 is 15.9 Å². The van der Waals surface area contributed by atoms with Gasteiger partial charge < -0.3 is 9.47 Å². The van der Waals surface area contributed by atoms with Crippen LogP contribution in [0.5, 0.6) is 5.75 Å². The maximum atomic E-state index is 12.5. The zero-order valence-electron chi connectivity index (χ0n) is 13.3. The van der Waals surface area contributed by atoms with Gasteiger partial charge in [-0.15, -0.1) is 0 Å². The van der Waals surface area contributed by atoms with Gasteiger partial charge >= 0.3 is 5.97 Å². The van der Waals surface area contributed by atoms with Crippen molar-refractivity contribution in [2.75, 3.05) is 18.9 Å². The summed E-state index contributed by atoms with van der Waals surface area (Å²) in [6.45, 7) is 1.86. The number of methoxy groups -OCH3 is 2. The Morgan fingerprint density at radius 2 is 1.75 bits per heavy atom. The smallest absolute Gasteiger partial charge is 0.340 e. The van der Waals surface area contributed by atoms with Crippen LogP contribution in [0.3, 0.4) is 0 Å². The fourth-order valence-electron chi connectivity index (χ4n) is 1.99. The zero-order valence-corrected chi connectivity index (χ0v) is 15.7. The Hall–Kier alpha value is -2.06. The number of nitrogens with one attached hydrogen (secondary N) is 1. The molecule has 0 aliphatic rings. The van der Waals surface area contributed by atoms with Crippen LogP contribution in [0.25, 0.3) is 0 Å². The highest BCUT2D eigenvalue weighted by atomic mass is 79.9. The van der Waals surface area contributed by atoms with Gasteiger partial charge in [0, 0.05) is 6.07 Å². The van der Waals surface area contributed by atoms with Crippen LogP contribution in [0.1, 0.15) is 15.9 Å². The van der Waals surface area contributed by atoms with E-state index >= 15 is 0 Å². The maximum absolute atomic E-state index is 12.5. The second-order valence-electron chi connectivity index (χ2n) is 4.94. The van der Waals surface area contributed by atoms with Crippen LogP contribution in [-0.4, -0.2) is 28.6 Å². The van der Waals surface area contributed by atoms with E-state index in [0.717, 1.165) is 5.56 Å². The molecule has 2 aromatic rings. The molecule has 0 amide bonds. The molecule has 6 nitrogen and oxygen atoms in total. The van der Waals surface area contributed by atoms with Gasteiger partial charge in [-0.1, -0.05) is 17.7 Å². The molecule has 0 bridgehead atoms. The Balaban J connectivity index is 2.50. The summed E-state index contributed by atoms with van der Waals surface area (Å²) in [5, 5.41) is 0. The molecule has 0 fully saturated rings. The Kier molecular flexibility index (Phi) is 5.51. The molecule has 2 aromatic carbocycles. The van der Waals surface area contributed by atoms with Crippen molar-refractivity contribution < 1.29 is 22.7 Å². The fraction of sp³-hybridized carbons (Fsp3) is 0.188. The van der Waals surface area contributed by atoms with E-state index in [-0.39, 0.29) is 16.1 Å². The molecule has 0 aromatic heterocycles. The minimum absolute atomic E-state index is 0.0702. The lowest BCUT2D eigenvalue weighted by molar-refractivity contribution is 0.0602. The number of aryl methyl sites for hydroxylation is 1. The summed E-state index contributed by atoms with van der Waals surface area (Å²) in [7, 11) is -1.20. The molecule has 2 rings (SSSR count). The van der Waals surface area contributed by atoms with E-state index in [1.54, 1.807) is 12.1 Å². The Bertz CT molecular complexity index is 863. The van der Waals surface area contributed by atoms with Crippen molar-refractivity contribution in [1.29, 1.82) is 0 Å². The number of benzene rings is 2. The van der Waals surface area contributed by atoms with Gasteiger partial charge in [0.05, 0.1) is 34.8 Å². The van der Waals surface area contributed by atoms with Crippen LogP contribution in [0.15, 0.2) is 45.8 Å². The molecule has 0 unspecified atom stereocenters. The van der Waals surface area contributed by atoms with Crippen molar-refractivity contribution in [2.24, 2.45) is 0 Å². The minimum atomic E-state index is -3.86. The molecule has 0 aliphatic heterocycles. The van der Waals surface area contributed by atoms with Crippen molar-refractivity contribution >= 4 is 37.6 Å². The van der Waals surface area contributed by atoms with Crippen LogP contribution < -0.4 is 9.46 Å². The third kappa shape index (κ3) is 3.88. The second-order valence-corrected chi connectivity index (χ2v) is 7.48. The summed E-state index contributed by atoms with van der Waals surface area (Å²) in [6, 6.07) is 9.23. The Labute approximate surface area is 149 Å². The van der Waals surface area contributed by atoms with Crippen LogP contribution in [-0.2, 0) is 14.8 Å². The first-order valence-electron chi connectivity index (χ1n) is 6.84. The summed E-state index contributed by atoms with van der Waals surface area (Å²) in [5.41, 5.74) is 1.08. The van der Waals surface area contributed by atoms with Gasteiger partial charge in [-0.05, 0) is 41.1 Å². The molecule has 1 N–H and O–H groups in total. The van der Waals surface area contributed by atoms with Crippen molar-refractivity contribution in [3.63, 3.8) is 0 Å². The summed E-state index contributed by atoms with van der Waals surface area (Å²) in [4.78, 5) is 12.0. The highest BCUT2D eigenvalue weighted by Gasteiger charge is 2.21. The number of halogens is 1. The predicted molar refractivity (Wildman–Crippen MR) is 94.0 cm³/mol. The first-order chi connectivity index (χ1) is 11.3. The summed E-state index contributed by atoms with van der Waals surface area (Å²) in [5.74, 6) is -0.288. The lowest BCUT2D eigenvalue weighted by Gasteiger charge is -2.14. The number of ether oxygens (including phenoxy) is 2. The van der Waals surface area contributed by atoms with E-state index in [0.29, 0.717) is 10.2 Å². The maximum Gasteiger partial charge on any atom is 0.340 e. The SMILES string of the molecule is COC(=O)c1cc(Br)c(OC)cc1NS(=O)(=O)c1ccc(C)cc1. The second kappa shape index (κ2) is 7.23. The van der Waals surface area contributed by atoms with Crippen molar-refractivity contribution in [1.82, 2.24) is 0 Å². The monoisotopic (exact) mass is 413 g/mol. The minimum Gasteiger partial charge on any atom is -0.495 e. The highest BCUT2D eigenvalue weighted by Crippen LogP contribution is 2.33. The summed E-state index contributed by atoms with van der Waals surface area (Å²) >= 11 is 3.26. The van der Waals surface area contributed by atoms with Crippen LogP contribution in [0, 0.1) is 6.92 Å². The van der Waals surface area contributed by atoms with Gasteiger partial charge in [0.25, 0.3) is 10.0 Å². The number of hydrogen-bond acceptors (Lipinski definition) is 5. The number of hydrogen-bond donors (Lipinski definition) is 1. The van der Waals surface area contributed by atoms with E-state index in [1.807, 2.05) is 6.92 Å². The quantitative estimate of drug-likeness (QED) is 0.759.